The zero-order valence-corrected chi connectivity index (χ0v) is 18.3. The third-order valence-corrected chi connectivity index (χ3v) is 4.91. The Balaban J connectivity index is 1.92. The van der Waals surface area contributed by atoms with E-state index in [4.69, 9.17) is 9.47 Å². The van der Waals surface area contributed by atoms with Crippen molar-refractivity contribution in [3.8, 4) is 0 Å². The molecule has 174 valence electrons. The van der Waals surface area contributed by atoms with E-state index in [2.05, 4.69) is 5.32 Å². The largest absolute Gasteiger partial charge is 0.546 e. The summed E-state index contributed by atoms with van der Waals surface area (Å²) in [7, 11) is 0. The van der Waals surface area contributed by atoms with E-state index in [9.17, 15) is 24.3 Å². The molecule has 2 atom stereocenters. The average molecular weight is 460 g/mol. The minimum atomic E-state index is -2.20. The number of carboxylic acids is 1. The molecule has 0 aliphatic carbocycles. The molecule has 0 bridgehead atoms. The Bertz CT molecular complexity index is 1160. The Morgan fingerprint density at radius 3 is 1.71 bits per heavy atom. The number of carbonyl (C=O) groups is 4. The number of ether oxygens (including phenoxy) is 2. The molecule has 0 aliphatic heterocycles. The first-order valence-electron chi connectivity index (χ1n) is 10.5. The summed E-state index contributed by atoms with van der Waals surface area (Å²) in [6.07, 6.45) is -3.64. The van der Waals surface area contributed by atoms with Gasteiger partial charge in [-0.3, -0.25) is 4.79 Å². The molecule has 3 rings (SSSR count). The van der Waals surface area contributed by atoms with Crippen LogP contribution >= 0.6 is 0 Å². The van der Waals surface area contributed by atoms with Crippen LogP contribution in [0.15, 0.2) is 84.9 Å². The Labute approximate surface area is 196 Å². The first-order chi connectivity index (χ1) is 16.4. The van der Waals surface area contributed by atoms with E-state index in [1.54, 1.807) is 60.7 Å². The van der Waals surface area contributed by atoms with E-state index in [0.717, 1.165) is 5.56 Å². The lowest BCUT2D eigenvalue weighted by atomic mass is 10.1. The van der Waals surface area contributed by atoms with Crippen LogP contribution in [0.1, 0.15) is 33.2 Å². The Hall–Kier alpha value is -4.46. The van der Waals surface area contributed by atoms with Gasteiger partial charge in [-0.15, -0.1) is 0 Å². The number of hydrogen-bond donors (Lipinski definition) is 1. The lowest BCUT2D eigenvalue weighted by Gasteiger charge is -2.27. The summed E-state index contributed by atoms with van der Waals surface area (Å²) in [5.74, 6) is -4.86. The van der Waals surface area contributed by atoms with Gasteiger partial charge in [-0.25, -0.2) is 9.59 Å². The minimum absolute atomic E-state index is 0.0543. The van der Waals surface area contributed by atoms with Crippen LogP contribution in [-0.4, -0.2) is 36.0 Å². The van der Waals surface area contributed by atoms with Gasteiger partial charge in [0.2, 0.25) is 6.10 Å². The van der Waals surface area contributed by atoms with Crippen LogP contribution in [0.2, 0.25) is 0 Å². The lowest BCUT2D eigenvalue weighted by Crippen LogP contribution is -2.52. The van der Waals surface area contributed by atoms with Crippen molar-refractivity contribution in [1.82, 2.24) is 0 Å². The standard InChI is InChI=1S/C26H23NO7/c1-2-17-11-9-10-16-20(17)27-23(28)21(33-25(31)18-12-5-3-6-13-18)22(24(29)30)34-26(32)19-14-7-4-8-15-19/h3-16,21-22H,2H2,1H3,(H,27,28)(H,29,30)/p-1/t21-,22+/m1/s1. The Morgan fingerprint density at radius 1 is 0.735 bits per heavy atom. The molecule has 0 aromatic heterocycles. The molecule has 8 heteroatoms. The molecule has 0 fully saturated rings. The zero-order valence-electron chi connectivity index (χ0n) is 18.3. The van der Waals surface area contributed by atoms with Crippen molar-refractivity contribution in [2.45, 2.75) is 25.6 Å². The van der Waals surface area contributed by atoms with Crippen LogP contribution in [0.4, 0.5) is 5.69 Å². The average Bonchev–Trinajstić information content (AvgIpc) is 2.87. The molecule has 34 heavy (non-hydrogen) atoms. The summed E-state index contributed by atoms with van der Waals surface area (Å²) < 4.78 is 10.3. The molecule has 1 N–H and O–H groups in total. The Morgan fingerprint density at radius 2 is 1.21 bits per heavy atom. The van der Waals surface area contributed by atoms with Gasteiger partial charge in [-0.1, -0.05) is 61.5 Å². The quantitative estimate of drug-likeness (QED) is 0.487. The smallest absolute Gasteiger partial charge is 0.339 e. The Kier molecular flexibility index (Phi) is 8.12. The van der Waals surface area contributed by atoms with E-state index < -0.39 is 36.0 Å². The number of para-hydroxylation sites is 1. The highest BCUT2D eigenvalue weighted by Gasteiger charge is 2.37. The highest BCUT2D eigenvalue weighted by molar-refractivity contribution is 6.01. The van der Waals surface area contributed by atoms with Crippen LogP contribution < -0.4 is 10.4 Å². The van der Waals surface area contributed by atoms with Gasteiger partial charge >= 0.3 is 11.9 Å². The summed E-state index contributed by atoms with van der Waals surface area (Å²) >= 11 is 0. The summed E-state index contributed by atoms with van der Waals surface area (Å²) in [6, 6.07) is 22.2. The molecule has 0 saturated heterocycles. The molecule has 1 amide bonds. The second kappa shape index (κ2) is 11.4. The summed E-state index contributed by atoms with van der Waals surface area (Å²) in [5.41, 5.74) is 1.32. The summed E-state index contributed by atoms with van der Waals surface area (Å²) in [4.78, 5) is 50.3. The van der Waals surface area contributed by atoms with Crippen LogP contribution in [0.3, 0.4) is 0 Å². The predicted molar refractivity (Wildman–Crippen MR) is 121 cm³/mol. The maximum Gasteiger partial charge on any atom is 0.339 e. The van der Waals surface area contributed by atoms with Crippen molar-refractivity contribution in [2.75, 3.05) is 5.32 Å². The summed E-state index contributed by atoms with van der Waals surface area (Å²) in [5, 5.41) is 14.5. The molecule has 8 nitrogen and oxygen atoms in total. The van der Waals surface area contributed by atoms with E-state index in [-0.39, 0.29) is 11.1 Å². The van der Waals surface area contributed by atoms with E-state index in [1.165, 1.54) is 24.3 Å². The van der Waals surface area contributed by atoms with Gasteiger partial charge in [-0.05, 0) is 42.3 Å². The van der Waals surface area contributed by atoms with Crippen LogP contribution in [0.25, 0.3) is 0 Å². The first kappa shape index (κ1) is 24.2. The van der Waals surface area contributed by atoms with Gasteiger partial charge in [-0.2, -0.15) is 0 Å². The number of benzene rings is 3. The van der Waals surface area contributed by atoms with Crippen molar-refractivity contribution in [3.63, 3.8) is 0 Å². The number of rotatable bonds is 9. The number of nitrogens with one attached hydrogen (secondary N) is 1. The number of anilines is 1. The van der Waals surface area contributed by atoms with Crippen molar-refractivity contribution >= 4 is 29.5 Å². The highest BCUT2D eigenvalue weighted by atomic mass is 16.6. The molecule has 0 saturated carbocycles. The number of aryl methyl sites for hydroxylation is 1. The molecule has 3 aromatic carbocycles. The van der Waals surface area contributed by atoms with Gasteiger partial charge in [0, 0.05) is 5.69 Å². The van der Waals surface area contributed by atoms with E-state index >= 15 is 0 Å². The lowest BCUT2D eigenvalue weighted by molar-refractivity contribution is -0.317. The number of amides is 1. The zero-order chi connectivity index (χ0) is 24.5. The minimum Gasteiger partial charge on any atom is -0.546 e. The second-order valence-corrected chi connectivity index (χ2v) is 7.20. The van der Waals surface area contributed by atoms with Gasteiger partial charge in [0.05, 0.1) is 17.1 Å². The fourth-order valence-corrected chi connectivity index (χ4v) is 3.16. The highest BCUT2D eigenvalue weighted by Crippen LogP contribution is 2.19. The van der Waals surface area contributed by atoms with Crippen molar-refractivity contribution < 1.29 is 33.8 Å². The van der Waals surface area contributed by atoms with Crippen LogP contribution in [-0.2, 0) is 25.5 Å². The predicted octanol–water partition coefficient (Wildman–Crippen LogP) is 2.39. The van der Waals surface area contributed by atoms with E-state index in [1.807, 2.05) is 6.92 Å². The molecule has 3 aromatic rings. The number of carboxylic acid groups (broad SMARTS) is 1. The SMILES string of the molecule is CCc1ccccc1NC(=O)[C@H](OC(=O)c1ccccc1)[C@H](OC(=O)c1ccccc1)C(=O)[O-]. The number of carbonyl (C=O) groups excluding carboxylic acids is 4. The van der Waals surface area contributed by atoms with Gasteiger partial charge in [0.1, 0.15) is 0 Å². The van der Waals surface area contributed by atoms with Crippen molar-refractivity contribution in [3.05, 3.63) is 102 Å². The normalized spacial score (nSPS) is 12.1. The molecular weight excluding hydrogens is 438 g/mol. The van der Waals surface area contributed by atoms with Crippen LogP contribution in [0, 0.1) is 0 Å². The third-order valence-electron chi connectivity index (χ3n) is 4.91. The van der Waals surface area contributed by atoms with Crippen molar-refractivity contribution in [1.29, 1.82) is 0 Å². The molecule has 0 aliphatic rings. The maximum atomic E-state index is 13.1. The first-order valence-corrected chi connectivity index (χ1v) is 10.5. The van der Waals surface area contributed by atoms with Gasteiger partial charge < -0.3 is 24.7 Å². The number of aliphatic carboxylic acids is 1. The number of esters is 2. The summed E-state index contributed by atoms with van der Waals surface area (Å²) in [6.45, 7) is 1.88. The monoisotopic (exact) mass is 460 g/mol. The van der Waals surface area contributed by atoms with Gasteiger partial charge in [0.25, 0.3) is 5.91 Å². The molecular formula is C26H22NO7-. The molecule has 0 radical (unpaired) electrons. The molecule has 0 unspecified atom stereocenters. The van der Waals surface area contributed by atoms with E-state index in [0.29, 0.717) is 12.1 Å². The topological polar surface area (TPSA) is 122 Å². The molecule has 0 heterocycles. The fraction of sp³-hybridized carbons (Fsp3) is 0.154. The van der Waals surface area contributed by atoms with Crippen LogP contribution in [0.5, 0.6) is 0 Å². The molecule has 0 spiro atoms. The second-order valence-electron chi connectivity index (χ2n) is 7.20. The number of hydrogen-bond acceptors (Lipinski definition) is 7. The fourth-order valence-electron chi connectivity index (χ4n) is 3.16. The van der Waals surface area contributed by atoms with Gasteiger partial charge in [0.15, 0.2) is 6.10 Å². The maximum absolute atomic E-state index is 13.1. The third kappa shape index (κ3) is 6.07. The van der Waals surface area contributed by atoms with Crippen molar-refractivity contribution in [2.24, 2.45) is 0 Å².